The van der Waals surface area contributed by atoms with Gasteiger partial charge in [-0.3, -0.25) is 9.30 Å². The van der Waals surface area contributed by atoms with Crippen LogP contribution in [0.25, 0.3) is 11.2 Å². The van der Waals surface area contributed by atoms with E-state index in [1.165, 1.54) is 19.6 Å². The van der Waals surface area contributed by atoms with Gasteiger partial charge in [0.1, 0.15) is 17.9 Å². The third-order valence-electron chi connectivity index (χ3n) is 4.10. The lowest BCUT2D eigenvalue weighted by atomic mass is 10.1. The van der Waals surface area contributed by atoms with E-state index in [0.29, 0.717) is 11.2 Å². The van der Waals surface area contributed by atoms with E-state index in [9.17, 15) is 4.79 Å². The molecular formula is C16H19N5O5. The lowest BCUT2D eigenvalue weighted by Gasteiger charge is -2.25. The van der Waals surface area contributed by atoms with Crippen LogP contribution >= 0.6 is 0 Å². The molecule has 1 fully saturated rings. The molecule has 0 amide bonds. The summed E-state index contributed by atoms with van der Waals surface area (Å²) in [5.41, 5.74) is 5.66. The molecule has 1 saturated heterocycles. The standard InChI is InChI=1S/C16H19N5O5/c1-15(2)14(22)25-16(3,26-15)23-6-9-4-5-10(24-9)21-8-20-11-12(17)18-7-19-13(11)21/h4-5,7-10H,6H2,1-3H3,(H2,17,18,19)/t9-,10+,16?/m0/s1/i4D. The van der Waals surface area contributed by atoms with Crippen molar-refractivity contribution in [2.24, 2.45) is 0 Å². The Labute approximate surface area is 150 Å². The van der Waals surface area contributed by atoms with Crippen LogP contribution in [0.1, 0.15) is 28.4 Å². The number of nitrogens with zero attached hydrogens (tertiary/aromatic N) is 4. The predicted molar refractivity (Wildman–Crippen MR) is 88.4 cm³/mol. The Hall–Kier alpha value is -2.56. The SMILES string of the molecule is [2H]C1=C[C@H](n2cnc3c(N)ncnc32)O[C@@H]1COC1(C)OC(=O)C(C)(C)O1. The van der Waals surface area contributed by atoms with Gasteiger partial charge in [0.25, 0.3) is 0 Å². The highest BCUT2D eigenvalue weighted by Gasteiger charge is 2.51. The molecule has 0 radical (unpaired) electrons. The number of rotatable bonds is 4. The van der Waals surface area contributed by atoms with E-state index in [4.69, 9.17) is 26.1 Å². The second-order valence-corrected chi connectivity index (χ2v) is 6.61. The molecule has 0 aromatic carbocycles. The number of carbonyl (C=O) groups is 1. The van der Waals surface area contributed by atoms with Gasteiger partial charge in [0.15, 0.2) is 23.3 Å². The number of nitrogens with two attached hydrogens (primary N) is 1. The number of anilines is 1. The van der Waals surface area contributed by atoms with Crippen molar-refractivity contribution in [3.05, 3.63) is 24.8 Å². The maximum atomic E-state index is 11.8. The van der Waals surface area contributed by atoms with Crippen molar-refractivity contribution in [2.75, 3.05) is 12.3 Å². The summed E-state index contributed by atoms with van der Waals surface area (Å²) >= 11 is 0. The molecule has 0 spiro atoms. The van der Waals surface area contributed by atoms with Crippen molar-refractivity contribution in [2.45, 2.75) is 44.7 Å². The van der Waals surface area contributed by atoms with Crippen LogP contribution in [0.2, 0.25) is 0 Å². The molecule has 4 heterocycles. The first-order valence-electron chi connectivity index (χ1n) is 8.53. The minimum absolute atomic E-state index is 0.0323. The number of carbonyl (C=O) groups excluding carboxylic acids is 1. The van der Waals surface area contributed by atoms with Gasteiger partial charge in [-0.05, 0) is 19.9 Å². The Morgan fingerprint density at radius 1 is 1.38 bits per heavy atom. The van der Waals surface area contributed by atoms with Gasteiger partial charge in [0, 0.05) is 6.92 Å². The van der Waals surface area contributed by atoms with Gasteiger partial charge in [-0.25, -0.2) is 19.7 Å². The second-order valence-electron chi connectivity index (χ2n) is 6.61. The maximum absolute atomic E-state index is 11.8. The van der Waals surface area contributed by atoms with Gasteiger partial charge in [-0.1, -0.05) is 6.05 Å². The van der Waals surface area contributed by atoms with E-state index in [0.717, 1.165) is 0 Å². The summed E-state index contributed by atoms with van der Waals surface area (Å²) in [4.78, 5) is 24.1. The number of nitrogen functional groups attached to an aromatic ring is 1. The summed E-state index contributed by atoms with van der Waals surface area (Å²) in [6.45, 7) is 4.66. The fourth-order valence-corrected chi connectivity index (χ4v) is 2.83. The monoisotopic (exact) mass is 362 g/mol. The van der Waals surface area contributed by atoms with Gasteiger partial charge >= 0.3 is 11.9 Å². The Bertz CT molecular complexity index is 944. The number of ether oxygens (including phenoxy) is 4. The molecule has 26 heavy (non-hydrogen) atoms. The topological polar surface area (TPSA) is 124 Å². The number of aromatic nitrogens is 4. The lowest BCUT2D eigenvalue weighted by Crippen LogP contribution is -2.35. The van der Waals surface area contributed by atoms with Crippen molar-refractivity contribution in [3.63, 3.8) is 0 Å². The van der Waals surface area contributed by atoms with Gasteiger partial charge in [0.05, 0.1) is 14.3 Å². The average molecular weight is 362 g/mol. The van der Waals surface area contributed by atoms with Crippen LogP contribution in [0.3, 0.4) is 0 Å². The highest BCUT2D eigenvalue weighted by Crippen LogP contribution is 2.34. The number of hydrogen-bond donors (Lipinski definition) is 1. The van der Waals surface area contributed by atoms with E-state index in [1.54, 1.807) is 24.5 Å². The molecule has 10 heteroatoms. The zero-order valence-electron chi connectivity index (χ0n) is 15.5. The molecule has 2 aliphatic rings. The number of hydrogen-bond acceptors (Lipinski definition) is 9. The number of imidazole rings is 1. The predicted octanol–water partition coefficient (Wildman–Crippen LogP) is 0.904. The van der Waals surface area contributed by atoms with Gasteiger partial charge < -0.3 is 19.9 Å². The van der Waals surface area contributed by atoms with E-state index in [-0.39, 0.29) is 18.5 Å². The van der Waals surface area contributed by atoms with Crippen LogP contribution in [0.4, 0.5) is 5.82 Å². The summed E-state index contributed by atoms with van der Waals surface area (Å²) in [7, 11) is 0. The van der Waals surface area contributed by atoms with E-state index < -0.39 is 29.9 Å². The van der Waals surface area contributed by atoms with Crippen LogP contribution in [0.15, 0.2) is 24.8 Å². The summed E-state index contributed by atoms with van der Waals surface area (Å²) in [5.74, 6) is -1.77. The summed E-state index contributed by atoms with van der Waals surface area (Å²) < 4.78 is 32.0. The van der Waals surface area contributed by atoms with Gasteiger partial charge in [0.2, 0.25) is 0 Å². The Morgan fingerprint density at radius 3 is 2.92 bits per heavy atom. The maximum Gasteiger partial charge on any atom is 0.342 e. The van der Waals surface area contributed by atoms with Crippen LogP contribution < -0.4 is 5.73 Å². The normalized spacial score (nSPS) is 31.1. The molecule has 2 aromatic rings. The summed E-state index contributed by atoms with van der Waals surface area (Å²) in [6, 6.07) is 0.219. The zero-order valence-corrected chi connectivity index (χ0v) is 14.5. The minimum atomic E-state index is -1.52. The van der Waals surface area contributed by atoms with Crippen LogP contribution in [-0.2, 0) is 23.7 Å². The smallest absolute Gasteiger partial charge is 0.342 e. The second kappa shape index (κ2) is 5.73. The van der Waals surface area contributed by atoms with Crippen molar-refractivity contribution >= 4 is 23.0 Å². The van der Waals surface area contributed by atoms with E-state index in [1.807, 2.05) is 0 Å². The molecule has 2 aliphatic heterocycles. The fraction of sp³-hybridized carbons (Fsp3) is 0.500. The zero-order chi connectivity index (χ0) is 19.4. The number of esters is 1. The number of fused-ring (bicyclic) bond motifs is 1. The van der Waals surface area contributed by atoms with Crippen LogP contribution in [-0.4, -0.2) is 49.8 Å². The Morgan fingerprint density at radius 2 is 2.19 bits per heavy atom. The van der Waals surface area contributed by atoms with E-state index in [2.05, 4.69) is 15.0 Å². The minimum Gasteiger partial charge on any atom is -0.406 e. The number of cyclic esters (lactones) is 1. The molecule has 2 aromatic heterocycles. The molecule has 2 N–H and O–H groups in total. The fourth-order valence-electron chi connectivity index (χ4n) is 2.83. The van der Waals surface area contributed by atoms with E-state index >= 15 is 0 Å². The quantitative estimate of drug-likeness (QED) is 0.624. The average Bonchev–Trinajstić information content (AvgIpc) is 3.21. The highest BCUT2D eigenvalue weighted by molar-refractivity contribution is 5.81. The third-order valence-corrected chi connectivity index (χ3v) is 4.10. The molecule has 138 valence electrons. The largest absolute Gasteiger partial charge is 0.406 e. The molecule has 1 unspecified atom stereocenters. The molecule has 3 atom stereocenters. The van der Waals surface area contributed by atoms with Gasteiger partial charge in [-0.2, -0.15) is 0 Å². The first kappa shape index (κ1) is 15.7. The van der Waals surface area contributed by atoms with Crippen LogP contribution in [0.5, 0.6) is 0 Å². The van der Waals surface area contributed by atoms with Crippen LogP contribution in [0, 0.1) is 0 Å². The Balaban J connectivity index is 1.46. The first-order valence-corrected chi connectivity index (χ1v) is 8.03. The lowest BCUT2D eigenvalue weighted by molar-refractivity contribution is -0.333. The molecule has 4 rings (SSSR count). The molecule has 10 nitrogen and oxygen atoms in total. The first-order chi connectivity index (χ1) is 12.7. The van der Waals surface area contributed by atoms with Crippen molar-refractivity contribution in [3.8, 4) is 0 Å². The summed E-state index contributed by atoms with van der Waals surface area (Å²) in [5, 5.41) is 0. The summed E-state index contributed by atoms with van der Waals surface area (Å²) in [6.07, 6.45) is 3.21. The highest BCUT2D eigenvalue weighted by atomic mass is 16.9. The van der Waals surface area contributed by atoms with Crippen molar-refractivity contribution in [1.29, 1.82) is 0 Å². The Kier molecular flexibility index (Phi) is 3.45. The molecular weight excluding hydrogens is 342 g/mol. The molecule has 0 saturated carbocycles. The van der Waals surface area contributed by atoms with Crippen molar-refractivity contribution < 1.29 is 25.1 Å². The van der Waals surface area contributed by atoms with Gasteiger partial charge in [-0.15, -0.1) is 0 Å². The van der Waals surface area contributed by atoms with Crippen molar-refractivity contribution in [1.82, 2.24) is 19.5 Å². The molecule has 0 aliphatic carbocycles. The molecule has 0 bridgehead atoms. The third kappa shape index (κ3) is 2.81.